The number of nitrogens with zero attached hydrogens (tertiary/aromatic N) is 4. The molecule has 2 aromatic rings. The molecule has 5 heteroatoms. The first-order valence-corrected chi connectivity index (χ1v) is 8.22. The van der Waals surface area contributed by atoms with Gasteiger partial charge < -0.3 is 10.2 Å². The molecule has 0 aliphatic carbocycles. The highest BCUT2D eigenvalue weighted by Crippen LogP contribution is 2.21. The molecule has 0 spiro atoms. The first-order chi connectivity index (χ1) is 11.3. The van der Waals surface area contributed by atoms with Crippen LogP contribution >= 0.6 is 0 Å². The van der Waals surface area contributed by atoms with Crippen LogP contribution in [-0.2, 0) is 0 Å². The van der Waals surface area contributed by atoms with Gasteiger partial charge in [-0.1, -0.05) is 0 Å². The smallest absolute Gasteiger partial charge is 0.0991 e. The van der Waals surface area contributed by atoms with Crippen molar-refractivity contribution in [2.24, 2.45) is 0 Å². The lowest BCUT2D eigenvalue weighted by Gasteiger charge is -2.34. The third-order valence-electron chi connectivity index (χ3n) is 4.81. The fraction of sp³-hybridized carbons (Fsp3) is 0.474. The van der Waals surface area contributed by atoms with Crippen molar-refractivity contribution in [3.05, 3.63) is 47.3 Å². The van der Waals surface area contributed by atoms with E-state index in [4.69, 9.17) is 5.26 Å². The highest BCUT2D eigenvalue weighted by atomic mass is 15.3. The Morgan fingerprint density at radius 2 is 1.92 bits per heavy atom. The molecule has 0 amide bonds. The van der Waals surface area contributed by atoms with E-state index >= 15 is 0 Å². The summed E-state index contributed by atoms with van der Waals surface area (Å²) >= 11 is 0. The number of nitriles is 1. The predicted molar refractivity (Wildman–Crippen MR) is 97.2 cm³/mol. The highest BCUT2D eigenvalue weighted by molar-refractivity contribution is 5.40. The zero-order valence-electron chi connectivity index (χ0n) is 15.5. The van der Waals surface area contributed by atoms with E-state index in [0.717, 1.165) is 17.9 Å². The first-order valence-electron chi connectivity index (χ1n) is 8.22. The number of likely N-dealkylation sites (N-methyl/N-ethyl adjacent to an activating group) is 1. The molecular formula is C19H27N5. The van der Waals surface area contributed by atoms with Gasteiger partial charge in [-0.25, -0.2) is 4.68 Å². The van der Waals surface area contributed by atoms with E-state index in [1.807, 2.05) is 35.1 Å². The molecule has 1 N–H and O–H groups in total. The molecule has 0 saturated heterocycles. The Hall–Kier alpha value is -2.16. The van der Waals surface area contributed by atoms with E-state index in [0.29, 0.717) is 5.56 Å². The van der Waals surface area contributed by atoms with Crippen molar-refractivity contribution in [1.29, 1.82) is 5.26 Å². The molecule has 1 aromatic carbocycles. The fourth-order valence-corrected chi connectivity index (χ4v) is 2.46. The molecule has 0 saturated carbocycles. The highest BCUT2D eigenvalue weighted by Gasteiger charge is 2.22. The lowest BCUT2D eigenvalue weighted by molar-refractivity contribution is 0.185. The summed E-state index contributed by atoms with van der Waals surface area (Å²) in [6, 6.07) is 9.84. The minimum absolute atomic E-state index is 0.0886. The number of rotatable bonds is 6. The largest absolute Gasteiger partial charge is 0.308 e. The molecule has 24 heavy (non-hydrogen) atoms. The van der Waals surface area contributed by atoms with Gasteiger partial charge in [-0.2, -0.15) is 10.4 Å². The normalized spacial score (nSPS) is 13.1. The molecule has 0 radical (unpaired) electrons. The van der Waals surface area contributed by atoms with Crippen molar-refractivity contribution in [3.8, 4) is 11.8 Å². The standard InChI is InChI=1S/C19H27N5/c1-14(21-13-19(3,4)23(5)6)18-12-22-24(15(18)2)17-9-7-16(11-20)8-10-17/h7-10,12,14,21H,13H2,1-6H3. The molecule has 0 bridgehead atoms. The van der Waals surface area contributed by atoms with Crippen LogP contribution in [0.25, 0.3) is 5.69 Å². The van der Waals surface area contributed by atoms with Crippen LogP contribution in [-0.4, -0.2) is 40.9 Å². The van der Waals surface area contributed by atoms with Crippen LogP contribution in [0, 0.1) is 18.3 Å². The van der Waals surface area contributed by atoms with Gasteiger partial charge in [0.2, 0.25) is 0 Å². The minimum atomic E-state index is 0.0886. The van der Waals surface area contributed by atoms with Crippen molar-refractivity contribution in [2.45, 2.75) is 39.3 Å². The van der Waals surface area contributed by atoms with Crippen molar-refractivity contribution < 1.29 is 0 Å². The third-order valence-corrected chi connectivity index (χ3v) is 4.81. The van der Waals surface area contributed by atoms with Crippen molar-refractivity contribution in [3.63, 3.8) is 0 Å². The second-order valence-corrected chi connectivity index (χ2v) is 7.07. The van der Waals surface area contributed by atoms with Gasteiger partial charge in [-0.3, -0.25) is 0 Å². The van der Waals surface area contributed by atoms with Gasteiger partial charge in [0.25, 0.3) is 0 Å². The Kier molecular flexibility index (Phi) is 5.43. The van der Waals surface area contributed by atoms with Crippen LogP contribution in [0.3, 0.4) is 0 Å². The molecular weight excluding hydrogens is 298 g/mol. The maximum atomic E-state index is 8.91. The SMILES string of the molecule is Cc1c(C(C)NCC(C)(C)N(C)C)cnn1-c1ccc(C#N)cc1. The molecule has 0 fully saturated rings. The number of benzene rings is 1. The van der Waals surface area contributed by atoms with Crippen LogP contribution in [0.4, 0.5) is 0 Å². The maximum absolute atomic E-state index is 8.91. The number of hydrogen-bond donors (Lipinski definition) is 1. The third kappa shape index (κ3) is 3.84. The Morgan fingerprint density at radius 1 is 1.29 bits per heavy atom. The lowest BCUT2D eigenvalue weighted by Crippen LogP contribution is -2.47. The van der Waals surface area contributed by atoms with E-state index in [1.165, 1.54) is 5.56 Å². The average molecular weight is 325 g/mol. The van der Waals surface area contributed by atoms with E-state index < -0.39 is 0 Å². The Bertz CT molecular complexity index is 719. The first kappa shape index (κ1) is 18.2. The maximum Gasteiger partial charge on any atom is 0.0991 e. The van der Waals surface area contributed by atoms with Crippen molar-refractivity contribution in [1.82, 2.24) is 20.0 Å². The molecule has 128 valence electrons. The van der Waals surface area contributed by atoms with Crippen LogP contribution in [0.1, 0.15) is 43.6 Å². The average Bonchev–Trinajstić information content (AvgIpc) is 2.94. The van der Waals surface area contributed by atoms with Gasteiger partial charge in [0.15, 0.2) is 0 Å². The van der Waals surface area contributed by atoms with Gasteiger partial charge in [-0.15, -0.1) is 0 Å². The zero-order chi connectivity index (χ0) is 17.9. The minimum Gasteiger partial charge on any atom is -0.308 e. The van der Waals surface area contributed by atoms with E-state index in [-0.39, 0.29) is 11.6 Å². The summed E-state index contributed by atoms with van der Waals surface area (Å²) in [7, 11) is 4.20. The van der Waals surface area contributed by atoms with Crippen molar-refractivity contribution >= 4 is 0 Å². The van der Waals surface area contributed by atoms with Crippen molar-refractivity contribution in [2.75, 3.05) is 20.6 Å². The predicted octanol–water partition coefficient (Wildman–Crippen LogP) is 3.04. The molecule has 2 rings (SSSR count). The molecule has 1 atom stereocenters. The van der Waals surface area contributed by atoms with E-state index in [1.54, 1.807) is 0 Å². The monoisotopic (exact) mass is 325 g/mol. The van der Waals surface area contributed by atoms with Crippen LogP contribution in [0.15, 0.2) is 30.5 Å². The topological polar surface area (TPSA) is 56.9 Å². The molecule has 5 nitrogen and oxygen atoms in total. The zero-order valence-corrected chi connectivity index (χ0v) is 15.5. The summed E-state index contributed by atoms with van der Waals surface area (Å²) in [4.78, 5) is 2.22. The summed E-state index contributed by atoms with van der Waals surface area (Å²) in [6.45, 7) is 9.58. The van der Waals surface area contributed by atoms with Gasteiger partial charge in [0.05, 0.1) is 23.5 Å². The molecule has 1 heterocycles. The summed E-state index contributed by atoms with van der Waals surface area (Å²) < 4.78 is 1.92. The second kappa shape index (κ2) is 7.16. The Balaban J connectivity index is 2.15. The fourth-order valence-electron chi connectivity index (χ4n) is 2.46. The van der Waals surface area contributed by atoms with E-state index in [2.05, 4.69) is 63.2 Å². The number of nitrogens with one attached hydrogen (secondary N) is 1. The second-order valence-electron chi connectivity index (χ2n) is 7.07. The number of aromatic nitrogens is 2. The Morgan fingerprint density at radius 3 is 2.46 bits per heavy atom. The summed E-state index contributed by atoms with van der Waals surface area (Å²) in [5, 5.41) is 17.0. The summed E-state index contributed by atoms with van der Waals surface area (Å²) in [5.74, 6) is 0. The van der Waals surface area contributed by atoms with Crippen LogP contribution < -0.4 is 5.32 Å². The van der Waals surface area contributed by atoms with Gasteiger partial charge >= 0.3 is 0 Å². The van der Waals surface area contributed by atoms with Crippen LogP contribution in [0.2, 0.25) is 0 Å². The number of hydrogen-bond acceptors (Lipinski definition) is 4. The van der Waals surface area contributed by atoms with E-state index in [9.17, 15) is 0 Å². The lowest BCUT2D eigenvalue weighted by atomic mass is 10.0. The molecule has 0 aliphatic rings. The van der Waals surface area contributed by atoms with Gasteiger partial charge in [0, 0.05) is 29.4 Å². The Labute approximate surface area is 144 Å². The summed E-state index contributed by atoms with van der Waals surface area (Å²) in [6.07, 6.45) is 1.92. The molecule has 0 aliphatic heterocycles. The molecule has 1 unspecified atom stereocenters. The quantitative estimate of drug-likeness (QED) is 0.887. The summed E-state index contributed by atoms with van der Waals surface area (Å²) in [5.41, 5.74) is 4.02. The van der Waals surface area contributed by atoms with Crippen LogP contribution in [0.5, 0.6) is 0 Å². The van der Waals surface area contributed by atoms with Gasteiger partial charge in [0.1, 0.15) is 0 Å². The molecule has 1 aromatic heterocycles. The van der Waals surface area contributed by atoms with Gasteiger partial charge in [-0.05, 0) is 66.1 Å².